The molecule has 0 bridgehead atoms. The van der Waals surface area contributed by atoms with E-state index in [-0.39, 0.29) is 15.7 Å². The zero-order valence-electron chi connectivity index (χ0n) is 11.0. The molecule has 22 heavy (non-hydrogen) atoms. The van der Waals surface area contributed by atoms with Crippen LogP contribution in [0.25, 0.3) is 0 Å². The van der Waals surface area contributed by atoms with Crippen molar-refractivity contribution in [2.24, 2.45) is 5.14 Å². The number of primary sulfonamides is 1. The lowest BCUT2D eigenvalue weighted by Crippen LogP contribution is -2.20. The largest absolute Gasteiger partial charge is 0.332 e. The van der Waals surface area contributed by atoms with E-state index in [0.29, 0.717) is 5.69 Å². The van der Waals surface area contributed by atoms with Gasteiger partial charge in [0, 0.05) is 11.8 Å². The molecule has 2 rings (SSSR count). The van der Waals surface area contributed by atoms with Gasteiger partial charge in [-0.05, 0) is 48.6 Å². The molecule has 0 aromatic heterocycles. The first-order valence-electron chi connectivity index (χ1n) is 5.91. The average molecular weight is 343 g/mol. The van der Waals surface area contributed by atoms with E-state index in [2.05, 4.69) is 10.6 Å². The van der Waals surface area contributed by atoms with E-state index < -0.39 is 21.7 Å². The van der Waals surface area contributed by atoms with Gasteiger partial charge in [-0.2, -0.15) is 0 Å². The third kappa shape index (κ3) is 4.20. The molecule has 0 aliphatic carbocycles. The molecule has 0 radical (unpaired) electrons. The maximum Gasteiger partial charge on any atom is 0.238 e. The summed E-state index contributed by atoms with van der Waals surface area (Å²) in [6.45, 7) is 0. The van der Waals surface area contributed by atoms with E-state index in [1.165, 1.54) is 24.3 Å². The van der Waals surface area contributed by atoms with Crippen molar-refractivity contribution in [2.75, 3.05) is 10.6 Å². The van der Waals surface area contributed by atoms with Crippen LogP contribution in [-0.4, -0.2) is 13.5 Å². The molecule has 0 amide bonds. The molecule has 0 saturated carbocycles. The second-order valence-corrected chi connectivity index (χ2v) is 6.24. The molecule has 0 unspecified atom stereocenters. The van der Waals surface area contributed by atoms with Gasteiger partial charge in [-0.1, -0.05) is 0 Å². The minimum absolute atomic E-state index is 0.0212. The minimum Gasteiger partial charge on any atom is -0.332 e. The molecule has 4 N–H and O–H groups in total. The van der Waals surface area contributed by atoms with Crippen molar-refractivity contribution >= 4 is 38.7 Å². The summed E-state index contributed by atoms with van der Waals surface area (Å²) in [5, 5.41) is 10.2. The molecule has 0 aliphatic rings. The van der Waals surface area contributed by atoms with Gasteiger partial charge in [0.15, 0.2) is 5.11 Å². The van der Waals surface area contributed by atoms with Gasteiger partial charge in [-0.25, -0.2) is 22.3 Å². The lowest BCUT2D eigenvalue weighted by atomic mass is 10.3. The van der Waals surface area contributed by atoms with Crippen molar-refractivity contribution in [3.05, 3.63) is 54.1 Å². The Morgan fingerprint density at radius 1 is 1.05 bits per heavy atom. The Hall–Kier alpha value is -2.10. The maximum absolute atomic E-state index is 13.5. The second-order valence-electron chi connectivity index (χ2n) is 4.27. The SMILES string of the molecule is NS(=O)(=O)c1ccc(NC(=S)Nc2cc(F)ccc2F)cc1. The molecule has 0 atom stereocenters. The highest BCUT2D eigenvalue weighted by Crippen LogP contribution is 2.17. The summed E-state index contributed by atoms with van der Waals surface area (Å²) < 4.78 is 48.7. The molecule has 0 spiro atoms. The molecule has 0 fully saturated rings. The van der Waals surface area contributed by atoms with Crippen LogP contribution >= 0.6 is 12.2 Å². The third-order valence-corrected chi connectivity index (χ3v) is 3.75. The minimum atomic E-state index is -3.77. The fraction of sp³-hybridized carbons (Fsp3) is 0. The predicted octanol–water partition coefficient (Wildman–Crippen LogP) is 2.42. The summed E-state index contributed by atoms with van der Waals surface area (Å²) in [7, 11) is -3.77. The van der Waals surface area contributed by atoms with Crippen molar-refractivity contribution in [3.63, 3.8) is 0 Å². The molecule has 9 heteroatoms. The second kappa shape index (κ2) is 6.34. The average Bonchev–Trinajstić information content (AvgIpc) is 2.42. The van der Waals surface area contributed by atoms with Gasteiger partial charge in [0.2, 0.25) is 10.0 Å². The molecule has 0 aliphatic heterocycles. The standard InChI is InChI=1S/C13H11F2N3O2S2/c14-8-1-6-11(15)12(7-8)18-13(21)17-9-2-4-10(5-3-9)22(16,19)20/h1-7H,(H2,16,19,20)(H2,17,18,21). The monoisotopic (exact) mass is 343 g/mol. The number of halogens is 2. The van der Waals surface area contributed by atoms with Gasteiger partial charge in [0.05, 0.1) is 10.6 Å². The smallest absolute Gasteiger partial charge is 0.238 e. The van der Waals surface area contributed by atoms with Gasteiger partial charge in [0.25, 0.3) is 0 Å². The number of sulfonamides is 1. The summed E-state index contributed by atoms with van der Waals surface area (Å²) in [6.07, 6.45) is 0. The first kappa shape index (κ1) is 16.3. The Morgan fingerprint density at radius 2 is 1.68 bits per heavy atom. The van der Waals surface area contributed by atoms with Crippen LogP contribution in [0.4, 0.5) is 20.2 Å². The molecule has 116 valence electrons. The summed E-state index contributed by atoms with van der Waals surface area (Å²) in [5.74, 6) is -1.26. The van der Waals surface area contributed by atoms with Gasteiger partial charge in [-0.15, -0.1) is 0 Å². The summed E-state index contributed by atoms with van der Waals surface area (Å²) in [5.41, 5.74) is 0.348. The van der Waals surface area contributed by atoms with Crippen LogP contribution in [0.2, 0.25) is 0 Å². The number of thiocarbonyl (C=S) groups is 1. The van der Waals surface area contributed by atoms with Crippen LogP contribution in [0.5, 0.6) is 0 Å². The lowest BCUT2D eigenvalue weighted by Gasteiger charge is -2.11. The summed E-state index contributed by atoms with van der Waals surface area (Å²) in [6, 6.07) is 8.40. The normalized spacial score (nSPS) is 11.0. The van der Waals surface area contributed by atoms with Gasteiger partial charge < -0.3 is 10.6 Å². The maximum atomic E-state index is 13.5. The van der Waals surface area contributed by atoms with Gasteiger partial charge in [0.1, 0.15) is 11.6 Å². The number of hydrogen-bond donors (Lipinski definition) is 3. The van der Waals surface area contributed by atoms with E-state index >= 15 is 0 Å². The van der Waals surface area contributed by atoms with Crippen LogP contribution in [0.3, 0.4) is 0 Å². The van der Waals surface area contributed by atoms with Gasteiger partial charge >= 0.3 is 0 Å². The lowest BCUT2D eigenvalue weighted by molar-refractivity contribution is 0.598. The number of anilines is 2. The fourth-order valence-electron chi connectivity index (χ4n) is 1.61. The van der Waals surface area contributed by atoms with E-state index in [4.69, 9.17) is 17.4 Å². The Labute approximate surface area is 131 Å². The van der Waals surface area contributed by atoms with Crippen molar-refractivity contribution in [2.45, 2.75) is 4.90 Å². The summed E-state index contributed by atoms with van der Waals surface area (Å²) in [4.78, 5) is -0.0481. The van der Waals surface area contributed by atoms with Crippen LogP contribution in [0.1, 0.15) is 0 Å². The van der Waals surface area contributed by atoms with E-state index in [1.54, 1.807) is 0 Å². The molecular formula is C13H11F2N3O2S2. The fourth-order valence-corrected chi connectivity index (χ4v) is 2.35. The van der Waals surface area contributed by atoms with E-state index in [9.17, 15) is 17.2 Å². The predicted molar refractivity (Wildman–Crippen MR) is 84.0 cm³/mol. The van der Waals surface area contributed by atoms with Crippen molar-refractivity contribution in [3.8, 4) is 0 Å². The summed E-state index contributed by atoms with van der Waals surface area (Å²) >= 11 is 4.97. The highest BCUT2D eigenvalue weighted by atomic mass is 32.2. The van der Waals surface area contributed by atoms with E-state index in [0.717, 1.165) is 18.2 Å². The topological polar surface area (TPSA) is 84.2 Å². The van der Waals surface area contributed by atoms with Crippen molar-refractivity contribution in [1.29, 1.82) is 0 Å². The zero-order valence-corrected chi connectivity index (χ0v) is 12.6. The van der Waals surface area contributed by atoms with Crippen LogP contribution in [0.15, 0.2) is 47.4 Å². The highest BCUT2D eigenvalue weighted by molar-refractivity contribution is 7.89. The van der Waals surface area contributed by atoms with Crippen molar-refractivity contribution in [1.82, 2.24) is 0 Å². The molecule has 2 aromatic carbocycles. The first-order valence-corrected chi connectivity index (χ1v) is 7.87. The molecule has 0 heterocycles. The molecule has 2 aromatic rings. The Kier molecular flexibility index (Phi) is 4.69. The van der Waals surface area contributed by atoms with E-state index in [1.807, 2.05) is 0 Å². The molecule has 0 saturated heterocycles. The van der Waals surface area contributed by atoms with Crippen LogP contribution < -0.4 is 15.8 Å². The quantitative estimate of drug-likeness (QED) is 0.746. The molecule has 5 nitrogen and oxygen atoms in total. The third-order valence-electron chi connectivity index (χ3n) is 2.62. The highest BCUT2D eigenvalue weighted by Gasteiger charge is 2.08. The first-order chi connectivity index (χ1) is 10.3. The van der Waals surface area contributed by atoms with Crippen LogP contribution in [-0.2, 0) is 10.0 Å². The number of benzene rings is 2. The van der Waals surface area contributed by atoms with Crippen molar-refractivity contribution < 1.29 is 17.2 Å². The number of nitrogens with one attached hydrogen (secondary N) is 2. The Balaban J connectivity index is 2.07. The number of rotatable bonds is 3. The van der Waals surface area contributed by atoms with Gasteiger partial charge in [-0.3, -0.25) is 0 Å². The number of nitrogens with two attached hydrogens (primary N) is 1. The Bertz CT molecular complexity index is 809. The molecular weight excluding hydrogens is 332 g/mol. The zero-order chi connectivity index (χ0) is 16.3. The number of hydrogen-bond acceptors (Lipinski definition) is 3. The Morgan fingerprint density at radius 3 is 2.27 bits per heavy atom. The van der Waals surface area contributed by atoms with Crippen LogP contribution in [0, 0.1) is 11.6 Å².